The summed E-state index contributed by atoms with van der Waals surface area (Å²) in [5.74, 6) is 2.71. The summed E-state index contributed by atoms with van der Waals surface area (Å²) in [6, 6.07) is 9.29. The van der Waals surface area contributed by atoms with Gasteiger partial charge in [-0.1, -0.05) is 11.6 Å². The number of halogens is 1. The van der Waals surface area contributed by atoms with Gasteiger partial charge in [-0.3, -0.25) is 9.89 Å². The second kappa shape index (κ2) is 8.87. The number of hydrogen-bond acceptors (Lipinski definition) is 5. The molecule has 1 aliphatic rings. The van der Waals surface area contributed by atoms with E-state index in [0.29, 0.717) is 31.1 Å². The molecule has 9 heteroatoms. The lowest BCUT2D eigenvalue weighted by atomic mass is 10.1. The first-order valence-corrected chi connectivity index (χ1v) is 10.4. The van der Waals surface area contributed by atoms with Crippen molar-refractivity contribution in [2.75, 3.05) is 13.1 Å². The molecular weight excluding hydrogens is 404 g/mol. The number of amides is 1. The van der Waals surface area contributed by atoms with E-state index in [1.807, 2.05) is 36.9 Å². The first-order chi connectivity index (χ1) is 14.5. The minimum atomic E-state index is 0.145. The first-order valence-electron chi connectivity index (χ1n) is 10.1. The number of aromatic amines is 1. The lowest BCUT2D eigenvalue weighted by molar-refractivity contribution is -0.130. The molecule has 1 N–H and O–H groups in total. The molecule has 0 spiro atoms. The third-order valence-electron chi connectivity index (χ3n) is 5.32. The van der Waals surface area contributed by atoms with E-state index in [0.717, 1.165) is 41.8 Å². The van der Waals surface area contributed by atoms with Crippen LogP contribution in [-0.4, -0.2) is 48.9 Å². The maximum Gasteiger partial charge on any atom is 0.224 e. The highest BCUT2D eigenvalue weighted by Crippen LogP contribution is 2.27. The van der Waals surface area contributed by atoms with Gasteiger partial charge in [0.2, 0.25) is 5.91 Å². The predicted octanol–water partition coefficient (Wildman–Crippen LogP) is 3.26. The number of H-pyrrole nitrogens is 1. The molecule has 8 nitrogen and oxygen atoms in total. The van der Waals surface area contributed by atoms with Crippen molar-refractivity contribution in [2.45, 2.75) is 45.8 Å². The molecule has 1 amide bonds. The Bertz CT molecular complexity index is 1010. The number of carbonyl (C=O) groups excluding carboxylic acids is 1. The lowest BCUT2D eigenvalue weighted by Gasteiger charge is -2.16. The van der Waals surface area contributed by atoms with Crippen molar-refractivity contribution in [3.63, 3.8) is 0 Å². The number of likely N-dealkylation sites (tertiary alicyclic amines) is 1. The van der Waals surface area contributed by atoms with Crippen LogP contribution in [-0.2, 0) is 17.9 Å². The Morgan fingerprint density at radius 3 is 2.83 bits per heavy atom. The van der Waals surface area contributed by atoms with Gasteiger partial charge in [-0.2, -0.15) is 10.2 Å². The largest absolute Gasteiger partial charge is 0.487 e. The van der Waals surface area contributed by atoms with Crippen molar-refractivity contribution in [3.8, 4) is 5.75 Å². The molecule has 0 aliphatic carbocycles. The second-order valence-electron chi connectivity index (χ2n) is 7.57. The summed E-state index contributed by atoms with van der Waals surface area (Å²) >= 11 is 5.89. The fourth-order valence-electron chi connectivity index (χ4n) is 3.72. The number of carbonyl (C=O) groups is 1. The Labute approximate surface area is 180 Å². The van der Waals surface area contributed by atoms with E-state index in [9.17, 15) is 4.79 Å². The maximum atomic E-state index is 12.6. The molecule has 3 heterocycles. The molecule has 1 atom stereocenters. The van der Waals surface area contributed by atoms with Crippen LogP contribution in [0.4, 0.5) is 0 Å². The Hall–Kier alpha value is -2.87. The molecule has 2 aromatic heterocycles. The SMILES string of the molecule is Cc1nc(C)n(CCC(=O)N2CCC(c3cc(COc4ccc(Cl)cc4)[nH]n3)C2)n1. The predicted molar refractivity (Wildman–Crippen MR) is 112 cm³/mol. The van der Waals surface area contributed by atoms with Gasteiger partial charge in [0.05, 0.1) is 17.9 Å². The fourth-order valence-corrected chi connectivity index (χ4v) is 3.84. The highest BCUT2D eigenvalue weighted by Gasteiger charge is 2.28. The summed E-state index contributed by atoms with van der Waals surface area (Å²) in [6.07, 6.45) is 1.34. The molecule has 0 saturated carbocycles. The summed E-state index contributed by atoms with van der Waals surface area (Å²) in [6.45, 7) is 6.16. The van der Waals surface area contributed by atoms with Crippen LogP contribution in [0.3, 0.4) is 0 Å². The van der Waals surface area contributed by atoms with Crippen molar-refractivity contribution < 1.29 is 9.53 Å². The molecule has 30 heavy (non-hydrogen) atoms. The number of ether oxygens (including phenoxy) is 1. The zero-order valence-corrected chi connectivity index (χ0v) is 17.9. The third kappa shape index (κ3) is 4.81. The third-order valence-corrected chi connectivity index (χ3v) is 5.57. The van der Waals surface area contributed by atoms with Crippen molar-refractivity contribution in [1.82, 2.24) is 29.9 Å². The number of nitrogens with zero attached hydrogens (tertiary/aromatic N) is 5. The second-order valence-corrected chi connectivity index (χ2v) is 8.00. The summed E-state index contributed by atoms with van der Waals surface area (Å²) in [5.41, 5.74) is 1.88. The monoisotopic (exact) mass is 428 g/mol. The van der Waals surface area contributed by atoms with Gasteiger partial charge in [0.1, 0.15) is 24.0 Å². The van der Waals surface area contributed by atoms with E-state index in [1.54, 1.807) is 16.8 Å². The molecule has 1 aliphatic heterocycles. The van der Waals surface area contributed by atoms with E-state index in [2.05, 4.69) is 20.3 Å². The lowest BCUT2D eigenvalue weighted by Crippen LogP contribution is -2.29. The van der Waals surface area contributed by atoms with Crippen molar-refractivity contribution in [1.29, 1.82) is 0 Å². The molecule has 4 rings (SSSR count). The Balaban J connectivity index is 1.27. The average molecular weight is 429 g/mol. The van der Waals surface area contributed by atoms with Gasteiger partial charge in [0.15, 0.2) is 0 Å². The molecule has 1 fully saturated rings. The van der Waals surface area contributed by atoms with Crippen LogP contribution in [0.5, 0.6) is 5.75 Å². The van der Waals surface area contributed by atoms with Gasteiger partial charge >= 0.3 is 0 Å². The van der Waals surface area contributed by atoms with Crippen LogP contribution in [0.1, 0.15) is 41.8 Å². The summed E-state index contributed by atoms with van der Waals surface area (Å²) in [4.78, 5) is 18.8. The van der Waals surface area contributed by atoms with Crippen molar-refractivity contribution in [2.24, 2.45) is 0 Å². The van der Waals surface area contributed by atoms with Crippen LogP contribution in [0, 0.1) is 13.8 Å². The summed E-state index contributed by atoms with van der Waals surface area (Å²) in [5, 5.41) is 12.5. The first kappa shape index (κ1) is 20.4. The van der Waals surface area contributed by atoms with Gasteiger partial charge in [-0.15, -0.1) is 0 Å². The summed E-state index contributed by atoms with van der Waals surface area (Å²) < 4.78 is 7.55. The number of aromatic nitrogens is 5. The molecule has 3 aromatic rings. The highest BCUT2D eigenvalue weighted by molar-refractivity contribution is 6.30. The number of nitrogens with one attached hydrogen (secondary N) is 1. The smallest absolute Gasteiger partial charge is 0.224 e. The molecule has 1 aromatic carbocycles. The van der Waals surface area contributed by atoms with Crippen LogP contribution >= 0.6 is 11.6 Å². The van der Waals surface area contributed by atoms with E-state index in [1.165, 1.54) is 0 Å². The van der Waals surface area contributed by atoms with E-state index < -0.39 is 0 Å². The Morgan fingerprint density at radius 2 is 2.10 bits per heavy atom. The maximum absolute atomic E-state index is 12.6. The van der Waals surface area contributed by atoms with Crippen molar-refractivity contribution in [3.05, 3.63) is 58.4 Å². The van der Waals surface area contributed by atoms with E-state index >= 15 is 0 Å². The van der Waals surface area contributed by atoms with Gasteiger partial charge in [-0.25, -0.2) is 9.67 Å². The fraction of sp³-hybridized carbons (Fsp3) is 0.429. The molecule has 1 unspecified atom stereocenters. The van der Waals surface area contributed by atoms with Crippen LogP contribution < -0.4 is 4.74 Å². The zero-order chi connectivity index (χ0) is 21.1. The molecule has 0 radical (unpaired) electrons. The number of aryl methyl sites for hydroxylation is 3. The van der Waals surface area contributed by atoms with E-state index in [-0.39, 0.29) is 11.8 Å². The minimum absolute atomic E-state index is 0.145. The van der Waals surface area contributed by atoms with Gasteiger partial charge in [-0.05, 0) is 50.6 Å². The highest BCUT2D eigenvalue weighted by atomic mass is 35.5. The van der Waals surface area contributed by atoms with Crippen LogP contribution in [0.15, 0.2) is 30.3 Å². The molecule has 0 bridgehead atoms. The molecular formula is C21H25ClN6O2. The minimum Gasteiger partial charge on any atom is -0.487 e. The van der Waals surface area contributed by atoms with E-state index in [4.69, 9.17) is 16.3 Å². The Kier molecular flexibility index (Phi) is 6.03. The number of rotatable bonds is 7. The molecule has 1 saturated heterocycles. The number of hydrogen-bond donors (Lipinski definition) is 1. The van der Waals surface area contributed by atoms with Crippen LogP contribution in [0.2, 0.25) is 5.02 Å². The van der Waals surface area contributed by atoms with Gasteiger partial charge < -0.3 is 9.64 Å². The van der Waals surface area contributed by atoms with Crippen molar-refractivity contribution >= 4 is 17.5 Å². The average Bonchev–Trinajstić information content (AvgIpc) is 3.45. The number of benzene rings is 1. The standard InChI is InChI=1S/C21H25ClN6O2/c1-14-23-15(2)28(26-14)10-8-21(29)27-9-7-16(12-27)20-11-18(24-25-20)13-30-19-5-3-17(22)4-6-19/h3-6,11,16H,7-10,12-13H2,1-2H3,(H,24,25). The normalized spacial score (nSPS) is 16.2. The van der Waals surface area contributed by atoms with Gasteiger partial charge in [0, 0.05) is 30.5 Å². The van der Waals surface area contributed by atoms with Gasteiger partial charge in [0.25, 0.3) is 0 Å². The van der Waals surface area contributed by atoms with Crippen LogP contribution in [0.25, 0.3) is 0 Å². The quantitative estimate of drug-likeness (QED) is 0.624. The topological polar surface area (TPSA) is 88.9 Å². The summed E-state index contributed by atoms with van der Waals surface area (Å²) in [7, 11) is 0. The Morgan fingerprint density at radius 1 is 1.30 bits per heavy atom. The zero-order valence-electron chi connectivity index (χ0n) is 17.1. The molecule has 158 valence electrons.